The number of hydrogen-bond acceptors (Lipinski definition) is 2. The van der Waals surface area contributed by atoms with Crippen LogP contribution in [-0.2, 0) is 0 Å². The summed E-state index contributed by atoms with van der Waals surface area (Å²) in [6.45, 7) is 9.15. The average Bonchev–Trinajstić information content (AvgIpc) is 3.08. The third kappa shape index (κ3) is 6.55. The molecule has 4 heteroatoms. The van der Waals surface area contributed by atoms with E-state index in [2.05, 4.69) is 100 Å². The Morgan fingerprint density at radius 2 is 0.913 bits per heavy atom. The Hall–Kier alpha value is -2.66. The number of rotatable bonds is 9. The van der Waals surface area contributed by atoms with E-state index in [1.165, 1.54) is 114 Å². The molecule has 2 nitrogen and oxygen atoms in total. The first-order valence-corrected chi connectivity index (χ1v) is 20.3. The lowest BCUT2D eigenvalue weighted by atomic mass is 9.92. The molecule has 0 aliphatic heterocycles. The highest BCUT2D eigenvalue weighted by Crippen LogP contribution is 2.58. The van der Waals surface area contributed by atoms with E-state index in [9.17, 15) is 0 Å². The molecule has 2 aliphatic carbocycles. The molecule has 0 amide bonds. The van der Waals surface area contributed by atoms with Crippen molar-refractivity contribution in [2.75, 3.05) is 14.2 Å². The van der Waals surface area contributed by atoms with Gasteiger partial charge in [-0.3, -0.25) is 0 Å². The molecule has 0 atom stereocenters. The molecule has 4 aromatic rings. The second kappa shape index (κ2) is 15.0. The standard InChI is InChI=1S/C42H52O2P2/c1-29-27-37(45(33-19-11-7-12-20-33)34-21-13-8-14-22-34)39(31(3)41(29)43-5)40-32(4)42(44-6)30(2)28-38(40)46(35-23-15-9-16-24-35)36-25-17-10-18-26-36/h7-8,11-14,19-22,27-28,35-36H,9-10,15-18,23-26H2,1-6H3. The molecule has 0 saturated heterocycles. The van der Waals surface area contributed by atoms with Gasteiger partial charge in [0.2, 0.25) is 0 Å². The second-order valence-corrected chi connectivity index (χ2v) is 18.4. The van der Waals surface area contributed by atoms with E-state index in [0.29, 0.717) is 0 Å². The van der Waals surface area contributed by atoms with Gasteiger partial charge in [0.15, 0.2) is 0 Å². The Bertz CT molecular complexity index is 1560. The van der Waals surface area contributed by atoms with Crippen molar-refractivity contribution in [2.45, 2.75) is 103 Å². The lowest BCUT2D eigenvalue weighted by Crippen LogP contribution is -2.30. The van der Waals surface area contributed by atoms with Gasteiger partial charge >= 0.3 is 0 Å². The molecule has 0 heterocycles. The van der Waals surface area contributed by atoms with Crippen molar-refractivity contribution in [3.63, 3.8) is 0 Å². The van der Waals surface area contributed by atoms with Crippen molar-refractivity contribution < 1.29 is 9.47 Å². The van der Waals surface area contributed by atoms with Gasteiger partial charge < -0.3 is 9.47 Å². The molecule has 2 aliphatic rings. The molecule has 4 aromatic carbocycles. The Balaban J connectivity index is 1.71. The molecular weight excluding hydrogens is 598 g/mol. The van der Waals surface area contributed by atoms with Crippen molar-refractivity contribution in [3.8, 4) is 22.6 Å². The van der Waals surface area contributed by atoms with E-state index in [1.54, 1.807) is 5.30 Å². The molecular formula is C42H52O2P2. The summed E-state index contributed by atoms with van der Waals surface area (Å²) in [5.41, 5.74) is 9.47. The third-order valence-corrected chi connectivity index (χ3v) is 16.5. The molecule has 0 bridgehead atoms. The molecule has 0 aromatic heterocycles. The van der Waals surface area contributed by atoms with Crippen LogP contribution in [0.2, 0.25) is 0 Å². The Morgan fingerprint density at radius 3 is 1.33 bits per heavy atom. The van der Waals surface area contributed by atoms with Gasteiger partial charge in [-0.2, -0.15) is 0 Å². The number of benzene rings is 4. The molecule has 242 valence electrons. The monoisotopic (exact) mass is 650 g/mol. The third-order valence-electron chi connectivity index (χ3n) is 10.5. The minimum absolute atomic E-state index is 0.350. The van der Waals surface area contributed by atoms with Crippen LogP contribution in [0.1, 0.15) is 86.5 Å². The summed E-state index contributed by atoms with van der Waals surface area (Å²) in [5, 5.41) is 5.83. The summed E-state index contributed by atoms with van der Waals surface area (Å²) < 4.78 is 12.5. The van der Waals surface area contributed by atoms with E-state index < -0.39 is 7.92 Å². The van der Waals surface area contributed by atoms with Crippen LogP contribution >= 0.6 is 15.8 Å². The first kappa shape index (κ1) is 33.2. The highest BCUT2D eigenvalue weighted by Gasteiger charge is 2.37. The molecule has 46 heavy (non-hydrogen) atoms. The van der Waals surface area contributed by atoms with E-state index in [1.807, 2.05) is 14.2 Å². The van der Waals surface area contributed by atoms with Crippen LogP contribution in [0.25, 0.3) is 11.1 Å². The molecule has 2 fully saturated rings. The zero-order chi connectivity index (χ0) is 32.2. The van der Waals surface area contributed by atoms with E-state index >= 15 is 0 Å². The normalized spacial score (nSPS) is 16.3. The fraction of sp³-hybridized carbons (Fsp3) is 0.429. The van der Waals surface area contributed by atoms with Crippen LogP contribution in [0.4, 0.5) is 0 Å². The SMILES string of the molecule is COc1c(C)cc(P(c2ccccc2)c2ccccc2)c(-c2c(P(C3CCCCC3)C3CCCCC3)cc(C)c(OC)c2C)c1C. The maximum Gasteiger partial charge on any atom is 0.125 e. The fourth-order valence-electron chi connectivity index (χ4n) is 8.52. The smallest absolute Gasteiger partial charge is 0.125 e. The zero-order valence-electron chi connectivity index (χ0n) is 28.9. The fourth-order valence-corrected chi connectivity index (χ4v) is 15.2. The Kier molecular flexibility index (Phi) is 10.9. The lowest BCUT2D eigenvalue weighted by molar-refractivity contribution is 0.408. The number of methoxy groups -OCH3 is 2. The number of hydrogen-bond donors (Lipinski definition) is 0. The maximum absolute atomic E-state index is 6.23. The van der Waals surface area contributed by atoms with Gasteiger partial charge in [-0.15, -0.1) is 0 Å². The molecule has 0 spiro atoms. The van der Waals surface area contributed by atoms with Gasteiger partial charge in [0, 0.05) is 0 Å². The van der Waals surface area contributed by atoms with Crippen LogP contribution in [-0.4, -0.2) is 25.5 Å². The first-order valence-electron chi connectivity index (χ1n) is 17.5. The van der Waals surface area contributed by atoms with Gasteiger partial charge in [-0.1, -0.05) is 107 Å². The molecule has 0 radical (unpaired) electrons. The minimum Gasteiger partial charge on any atom is -0.496 e. The molecule has 6 rings (SSSR count). The van der Waals surface area contributed by atoms with Gasteiger partial charge in [0.25, 0.3) is 0 Å². The van der Waals surface area contributed by atoms with Gasteiger partial charge in [0.1, 0.15) is 11.5 Å². The highest BCUT2D eigenvalue weighted by molar-refractivity contribution is 7.80. The summed E-state index contributed by atoms with van der Waals surface area (Å²) in [6.07, 6.45) is 13.9. The summed E-state index contributed by atoms with van der Waals surface area (Å²) in [7, 11) is 2.53. The quantitative estimate of drug-likeness (QED) is 0.168. The zero-order valence-corrected chi connectivity index (χ0v) is 30.7. The maximum atomic E-state index is 6.23. The predicted molar refractivity (Wildman–Crippen MR) is 203 cm³/mol. The van der Waals surface area contributed by atoms with Crippen molar-refractivity contribution in [1.82, 2.24) is 0 Å². The number of ether oxygens (including phenoxy) is 2. The topological polar surface area (TPSA) is 18.5 Å². The van der Waals surface area contributed by atoms with Gasteiger partial charge in [-0.05, 0) is 139 Å². The van der Waals surface area contributed by atoms with Gasteiger partial charge in [0.05, 0.1) is 14.2 Å². The van der Waals surface area contributed by atoms with Crippen LogP contribution in [0.5, 0.6) is 11.5 Å². The van der Waals surface area contributed by atoms with Crippen molar-refractivity contribution >= 4 is 37.1 Å². The average molecular weight is 651 g/mol. The predicted octanol–water partition coefficient (Wildman–Crippen LogP) is 10.1. The summed E-state index contributed by atoms with van der Waals surface area (Å²) in [4.78, 5) is 0. The molecule has 2 saturated carbocycles. The summed E-state index contributed by atoms with van der Waals surface area (Å²) in [6, 6.07) is 27.5. The van der Waals surface area contributed by atoms with Crippen LogP contribution in [0, 0.1) is 27.7 Å². The van der Waals surface area contributed by atoms with Crippen LogP contribution < -0.4 is 30.7 Å². The molecule has 0 unspecified atom stereocenters. The summed E-state index contributed by atoms with van der Waals surface area (Å²) >= 11 is 0. The van der Waals surface area contributed by atoms with E-state index in [4.69, 9.17) is 9.47 Å². The van der Waals surface area contributed by atoms with E-state index in [0.717, 1.165) is 22.8 Å². The van der Waals surface area contributed by atoms with Crippen LogP contribution in [0.3, 0.4) is 0 Å². The van der Waals surface area contributed by atoms with Crippen molar-refractivity contribution in [2.24, 2.45) is 0 Å². The second-order valence-electron chi connectivity index (χ2n) is 13.5. The Morgan fingerprint density at radius 1 is 0.522 bits per heavy atom. The highest BCUT2D eigenvalue weighted by atomic mass is 31.1. The van der Waals surface area contributed by atoms with Gasteiger partial charge in [-0.25, -0.2) is 0 Å². The summed E-state index contributed by atoms with van der Waals surface area (Å²) in [5.74, 6) is 2.05. The van der Waals surface area contributed by atoms with E-state index in [-0.39, 0.29) is 7.92 Å². The van der Waals surface area contributed by atoms with Crippen molar-refractivity contribution in [3.05, 3.63) is 95.1 Å². The lowest BCUT2D eigenvalue weighted by Gasteiger charge is -2.41. The largest absolute Gasteiger partial charge is 0.496 e. The molecule has 0 N–H and O–H groups in total. The Labute approximate surface area is 280 Å². The van der Waals surface area contributed by atoms with Crippen LogP contribution in [0.15, 0.2) is 72.8 Å². The van der Waals surface area contributed by atoms with Crippen molar-refractivity contribution in [1.29, 1.82) is 0 Å². The minimum atomic E-state index is -0.824. The number of aryl methyl sites for hydroxylation is 2. The first-order chi connectivity index (χ1) is 22.4.